The van der Waals surface area contributed by atoms with Gasteiger partial charge in [0.2, 0.25) is 0 Å². The first-order chi connectivity index (χ1) is 9.51. The molecule has 106 valence electrons. The molecular weight excluding hydrogens is 332 g/mol. The van der Waals surface area contributed by atoms with E-state index in [-0.39, 0.29) is 0 Å². The average molecular weight is 352 g/mol. The molecule has 0 radical (unpaired) electrons. The number of aryl methyl sites for hydroxylation is 2. The van der Waals surface area contributed by atoms with E-state index in [1.807, 2.05) is 6.07 Å². The van der Waals surface area contributed by atoms with E-state index in [2.05, 4.69) is 67.0 Å². The smallest absolute Gasteiger partial charge is 0.0435 e. The molecule has 0 aromatic heterocycles. The van der Waals surface area contributed by atoms with Crippen molar-refractivity contribution < 1.29 is 0 Å². The van der Waals surface area contributed by atoms with Crippen molar-refractivity contribution in [3.05, 3.63) is 68.1 Å². The van der Waals surface area contributed by atoms with Gasteiger partial charge < -0.3 is 0 Å². The highest BCUT2D eigenvalue weighted by Crippen LogP contribution is 2.29. The minimum atomic E-state index is 0.542. The van der Waals surface area contributed by atoms with Gasteiger partial charge in [-0.05, 0) is 67.0 Å². The van der Waals surface area contributed by atoms with Crippen LogP contribution < -0.4 is 0 Å². The predicted octanol–water partition coefficient (Wildman–Crippen LogP) is 6.46. The maximum Gasteiger partial charge on any atom is 0.0435 e. The van der Waals surface area contributed by atoms with E-state index in [0.717, 1.165) is 23.4 Å². The zero-order chi connectivity index (χ0) is 14.7. The predicted molar refractivity (Wildman–Crippen MR) is 91.8 cm³/mol. The van der Waals surface area contributed by atoms with Crippen molar-refractivity contribution in [3.8, 4) is 0 Å². The molecule has 2 heteroatoms. The summed E-state index contributed by atoms with van der Waals surface area (Å²) in [7, 11) is 0. The van der Waals surface area contributed by atoms with Gasteiger partial charge >= 0.3 is 0 Å². The lowest BCUT2D eigenvalue weighted by Gasteiger charge is -2.17. The van der Waals surface area contributed by atoms with E-state index >= 15 is 0 Å². The highest BCUT2D eigenvalue weighted by atomic mass is 79.9. The maximum atomic E-state index is 6.12. The fraction of sp³-hybridized carbons (Fsp3) is 0.333. The summed E-state index contributed by atoms with van der Waals surface area (Å²) >= 11 is 9.74. The second-order valence-electron chi connectivity index (χ2n) is 5.40. The molecule has 20 heavy (non-hydrogen) atoms. The largest absolute Gasteiger partial charge is 0.0841 e. The average Bonchev–Trinajstić information content (AvgIpc) is 2.43. The van der Waals surface area contributed by atoms with Crippen LogP contribution in [0.3, 0.4) is 0 Å². The summed E-state index contributed by atoms with van der Waals surface area (Å²) in [6, 6.07) is 13.0. The van der Waals surface area contributed by atoms with Crippen LogP contribution in [0.25, 0.3) is 0 Å². The van der Waals surface area contributed by atoms with Gasteiger partial charge in [0.05, 0.1) is 0 Å². The number of rotatable bonds is 4. The molecule has 2 aromatic rings. The van der Waals surface area contributed by atoms with Gasteiger partial charge in [-0.3, -0.25) is 0 Å². The molecule has 2 aromatic carbocycles. The summed E-state index contributed by atoms with van der Waals surface area (Å²) in [4.78, 5) is 0. The molecule has 0 spiro atoms. The monoisotopic (exact) mass is 350 g/mol. The molecule has 0 saturated heterocycles. The second kappa shape index (κ2) is 6.78. The number of hydrogen-bond acceptors (Lipinski definition) is 0. The fourth-order valence-corrected chi connectivity index (χ4v) is 3.01. The van der Waals surface area contributed by atoms with E-state index in [1.165, 1.54) is 21.2 Å². The summed E-state index contributed by atoms with van der Waals surface area (Å²) < 4.78 is 1.19. The van der Waals surface area contributed by atoms with Crippen molar-refractivity contribution in [2.24, 2.45) is 0 Å². The van der Waals surface area contributed by atoms with Crippen LogP contribution in [0.2, 0.25) is 5.02 Å². The Morgan fingerprint density at radius 2 is 1.80 bits per heavy atom. The fourth-order valence-electron chi connectivity index (χ4n) is 2.47. The van der Waals surface area contributed by atoms with Crippen molar-refractivity contribution in [2.75, 3.05) is 0 Å². The van der Waals surface area contributed by atoms with Gasteiger partial charge in [-0.15, -0.1) is 0 Å². The first-order valence-corrected chi connectivity index (χ1v) is 8.19. The third-order valence-electron chi connectivity index (χ3n) is 3.86. The molecule has 0 nitrogen and oxygen atoms in total. The van der Waals surface area contributed by atoms with Gasteiger partial charge in [-0.2, -0.15) is 0 Å². The lowest BCUT2D eigenvalue weighted by atomic mass is 9.89. The first-order valence-electron chi connectivity index (χ1n) is 7.02. The van der Waals surface area contributed by atoms with Gasteiger partial charge in [0, 0.05) is 9.50 Å². The number of halogens is 2. The molecule has 0 aliphatic carbocycles. The van der Waals surface area contributed by atoms with E-state index in [9.17, 15) is 0 Å². The van der Waals surface area contributed by atoms with Gasteiger partial charge in [0.1, 0.15) is 0 Å². The molecule has 0 bridgehead atoms. The summed E-state index contributed by atoms with van der Waals surface area (Å²) in [5.41, 5.74) is 5.20. The van der Waals surface area contributed by atoms with E-state index in [0.29, 0.717) is 5.92 Å². The molecule has 0 fully saturated rings. The highest BCUT2D eigenvalue weighted by molar-refractivity contribution is 9.10. The summed E-state index contributed by atoms with van der Waals surface area (Å²) in [5, 5.41) is 0.849. The molecule has 0 amide bonds. The standard InChI is InChI=1S/C18H20BrCl/c1-4-15(16-7-8-18(20)13(3)9-16)10-14-6-5-12(2)17(19)11-14/h5-9,11,15H,4,10H2,1-3H3. The molecule has 1 atom stereocenters. The van der Waals surface area contributed by atoms with Gasteiger partial charge in [0.25, 0.3) is 0 Å². The zero-order valence-corrected chi connectivity index (χ0v) is 14.6. The molecule has 0 N–H and O–H groups in total. The van der Waals surface area contributed by atoms with Crippen LogP contribution in [-0.4, -0.2) is 0 Å². The van der Waals surface area contributed by atoms with Crippen LogP contribution in [0.1, 0.15) is 41.5 Å². The van der Waals surface area contributed by atoms with Crippen molar-refractivity contribution in [3.63, 3.8) is 0 Å². The first kappa shape index (κ1) is 15.6. The lowest BCUT2D eigenvalue weighted by molar-refractivity contribution is 0.659. The molecule has 0 aliphatic heterocycles. The van der Waals surface area contributed by atoms with Gasteiger partial charge in [0.15, 0.2) is 0 Å². The highest BCUT2D eigenvalue weighted by Gasteiger charge is 2.12. The molecule has 0 aliphatic rings. The van der Waals surface area contributed by atoms with Crippen LogP contribution >= 0.6 is 27.5 Å². The SMILES string of the molecule is CCC(Cc1ccc(C)c(Br)c1)c1ccc(Cl)c(C)c1. The Hall–Kier alpha value is -0.790. The zero-order valence-electron chi connectivity index (χ0n) is 12.2. The van der Waals surface area contributed by atoms with Crippen LogP contribution in [0, 0.1) is 13.8 Å². The van der Waals surface area contributed by atoms with Crippen LogP contribution in [0.4, 0.5) is 0 Å². The van der Waals surface area contributed by atoms with Crippen molar-refractivity contribution in [2.45, 2.75) is 39.5 Å². The van der Waals surface area contributed by atoms with Crippen molar-refractivity contribution in [1.29, 1.82) is 0 Å². The molecule has 0 heterocycles. The lowest BCUT2D eigenvalue weighted by Crippen LogP contribution is -2.02. The Morgan fingerprint density at radius 3 is 2.40 bits per heavy atom. The number of benzene rings is 2. The Kier molecular flexibility index (Phi) is 5.29. The number of hydrogen-bond donors (Lipinski definition) is 0. The Balaban J connectivity index is 2.23. The quantitative estimate of drug-likeness (QED) is 0.593. The Bertz CT molecular complexity index is 604. The minimum Gasteiger partial charge on any atom is -0.0841 e. The summed E-state index contributed by atoms with van der Waals surface area (Å²) in [6.45, 7) is 6.44. The topological polar surface area (TPSA) is 0 Å². The van der Waals surface area contributed by atoms with Crippen LogP contribution in [0.15, 0.2) is 40.9 Å². The molecular formula is C18H20BrCl. The normalized spacial score (nSPS) is 12.4. The summed E-state index contributed by atoms with van der Waals surface area (Å²) in [6.07, 6.45) is 2.20. The van der Waals surface area contributed by atoms with Crippen LogP contribution in [-0.2, 0) is 6.42 Å². The maximum absolute atomic E-state index is 6.12. The molecule has 0 saturated carbocycles. The third kappa shape index (κ3) is 3.65. The van der Waals surface area contributed by atoms with Crippen molar-refractivity contribution in [1.82, 2.24) is 0 Å². The second-order valence-corrected chi connectivity index (χ2v) is 6.66. The minimum absolute atomic E-state index is 0.542. The third-order valence-corrected chi connectivity index (χ3v) is 5.14. The van der Waals surface area contributed by atoms with Gasteiger partial charge in [-0.25, -0.2) is 0 Å². The van der Waals surface area contributed by atoms with Gasteiger partial charge in [-0.1, -0.05) is 58.7 Å². The molecule has 2 rings (SSSR count). The van der Waals surface area contributed by atoms with Crippen molar-refractivity contribution >= 4 is 27.5 Å². The molecule has 1 unspecified atom stereocenters. The van der Waals surface area contributed by atoms with E-state index in [1.54, 1.807) is 0 Å². The van der Waals surface area contributed by atoms with Crippen LogP contribution in [0.5, 0.6) is 0 Å². The summed E-state index contributed by atoms with van der Waals surface area (Å²) in [5.74, 6) is 0.542. The Labute approximate surface area is 135 Å². The Morgan fingerprint density at radius 1 is 1.05 bits per heavy atom. The van der Waals surface area contributed by atoms with E-state index < -0.39 is 0 Å². The van der Waals surface area contributed by atoms with E-state index in [4.69, 9.17) is 11.6 Å².